The Balaban J connectivity index is 1.84. The van der Waals surface area contributed by atoms with Crippen LogP contribution in [0.4, 0.5) is 17.3 Å². The number of halogens is 1. The Kier molecular flexibility index (Phi) is 5.84. The van der Waals surface area contributed by atoms with E-state index in [1.54, 1.807) is 7.11 Å². The van der Waals surface area contributed by atoms with Gasteiger partial charge in [-0.2, -0.15) is 0 Å². The first-order valence-corrected chi connectivity index (χ1v) is 9.32. The van der Waals surface area contributed by atoms with Gasteiger partial charge in [-0.1, -0.05) is 18.5 Å². The summed E-state index contributed by atoms with van der Waals surface area (Å²) in [7, 11) is 1.63. The Hall–Kier alpha value is -2.05. The van der Waals surface area contributed by atoms with Crippen molar-refractivity contribution in [3.63, 3.8) is 0 Å². The highest BCUT2D eigenvalue weighted by Crippen LogP contribution is 2.33. The van der Waals surface area contributed by atoms with Crippen LogP contribution in [-0.4, -0.2) is 54.7 Å². The van der Waals surface area contributed by atoms with Crippen molar-refractivity contribution in [1.29, 1.82) is 0 Å². The molecule has 0 spiro atoms. The molecule has 140 valence electrons. The lowest BCUT2D eigenvalue weighted by Gasteiger charge is -2.34. The highest BCUT2D eigenvalue weighted by atomic mass is 35.5. The highest BCUT2D eigenvalue weighted by molar-refractivity contribution is 6.31. The molecule has 2 aromatic rings. The number of aromatic nitrogens is 2. The average Bonchev–Trinajstić information content (AvgIpc) is 2.64. The van der Waals surface area contributed by atoms with Gasteiger partial charge in [-0.25, -0.2) is 9.97 Å². The zero-order chi connectivity index (χ0) is 18.7. The summed E-state index contributed by atoms with van der Waals surface area (Å²) < 4.78 is 5.45. The first-order valence-electron chi connectivity index (χ1n) is 8.94. The zero-order valence-corrected chi connectivity index (χ0v) is 16.6. The van der Waals surface area contributed by atoms with E-state index in [1.165, 1.54) is 0 Å². The van der Waals surface area contributed by atoms with Crippen molar-refractivity contribution in [2.24, 2.45) is 0 Å². The van der Waals surface area contributed by atoms with Crippen LogP contribution in [0, 0.1) is 13.8 Å². The van der Waals surface area contributed by atoms with Gasteiger partial charge >= 0.3 is 0 Å². The number of piperazine rings is 1. The number of likely N-dealkylation sites (N-methyl/N-ethyl adjacent to an activating group) is 1. The van der Waals surface area contributed by atoms with Crippen molar-refractivity contribution in [3.8, 4) is 5.75 Å². The number of aryl methyl sites for hydroxylation is 2. The molecule has 7 heteroatoms. The molecule has 1 aromatic carbocycles. The monoisotopic (exact) mass is 375 g/mol. The van der Waals surface area contributed by atoms with Crippen LogP contribution < -0.4 is 15.0 Å². The standard InChI is InChI=1S/C19H26ClN5O/c1-5-24-6-8-25(9-7-24)19-12-18(21-14(3)22-19)23-16-10-13(2)15(20)11-17(16)26-4/h10-12H,5-9H2,1-4H3,(H,21,22,23). The van der Waals surface area contributed by atoms with Crippen LogP contribution >= 0.6 is 11.6 Å². The molecule has 1 aliphatic heterocycles. The largest absolute Gasteiger partial charge is 0.495 e. The van der Waals surface area contributed by atoms with Gasteiger partial charge in [-0.05, 0) is 32.0 Å². The molecule has 0 radical (unpaired) electrons. The molecule has 0 amide bonds. The fourth-order valence-corrected chi connectivity index (χ4v) is 3.29. The summed E-state index contributed by atoms with van der Waals surface area (Å²) in [5.41, 5.74) is 1.82. The summed E-state index contributed by atoms with van der Waals surface area (Å²) in [6, 6.07) is 5.79. The maximum absolute atomic E-state index is 6.20. The van der Waals surface area contributed by atoms with E-state index in [2.05, 4.69) is 32.0 Å². The van der Waals surface area contributed by atoms with Gasteiger partial charge in [0.15, 0.2) is 0 Å². The minimum absolute atomic E-state index is 0.681. The second-order valence-electron chi connectivity index (χ2n) is 6.51. The van der Waals surface area contributed by atoms with E-state index in [0.717, 1.165) is 61.4 Å². The Morgan fingerprint density at radius 1 is 1.12 bits per heavy atom. The van der Waals surface area contributed by atoms with E-state index in [-0.39, 0.29) is 0 Å². The topological polar surface area (TPSA) is 53.5 Å². The van der Waals surface area contributed by atoms with E-state index in [9.17, 15) is 0 Å². The van der Waals surface area contributed by atoms with Gasteiger partial charge in [-0.15, -0.1) is 0 Å². The first kappa shape index (κ1) is 18.7. The molecule has 2 heterocycles. The molecule has 1 N–H and O–H groups in total. The molecule has 0 aliphatic carbocycles. The number of hydrogen-bond donors (Lipinski definition) is 1. The molecular weight excluding hydrogens is 350 g/mol. The molecule has 1 fully saturated rings. The van der Waals surface area contributed by atoms with Crippen molar-refractivity contribution in [3.05, 3.63) is 34.6 Å². The highest BCUT2D eigenvalue weighted by Gasteiger charge is 2.18. The van der Waals surface area contributed by atoms with Crippen LogP contribution in [0.3, 0.4) is 0 Å². The van der Waals surface area contributed by atoms with Gasteiger partial charge in [0.2, 0.25) is 0 Å². The second kappa shape index (κ2) is 8.10. The fourth-order valence-electron chi connectivity index (χ4n) is 3.14. The Bertz CT molecular complexity index is 775. The molecule has 26 heavy (non-hydrogen) atoms. The molecule has 0 bridgehead atoms. The number of methoxy groups -OCH3 is 1. The van der Waals surface area contributed by atoms with Crippen molar-refractivity contribution in [1.82, 2.24) is 14.9 Å². The lowest BCUT2D eigenvalue weighted by Crippen LogP contribution is -2.46. The van der Waals surface area contributed by atoms with Crippen molar-refractivity contribution >= 4 is 28.9 Å². The van der Waals surface area contributed by atoms with Gasteiger partial charge in [-0.3, -0.25) is 0 Å². The summed E-state index contributed by atoms with van der Waals surface area (Å²) in [5, 5.41) is 4.04. The quantitative estimate of drug-likeness (QED) is 0.861. The molecule has 1 saturated heterocycles. The Morgan fingerprint density at radius 2 is 1.85 bits per heavy atom. The van der Waals surface area contributed by atoms with E-state index in [1.807, 2.05) is 32.0 Å². The summed E-state index contributed by atoms with van der Waals surface area (Å²) >= 11 is 6.20. The molecule has 1 aliphatic rings. The van der Waals surface area contributed by atoms with Gasteiger partial charge < -0.3 is 19.9 Å². The molecule has 1 aromatic heterocycles. The van der Waals surface area contributed by atoms with E-state index < -0.39 is 0 Å². The zero-order valence-electron chi connectivity index (χ0n) is 15.8. The lowest BCUT2D eigenvalue weighted by atomic mass is 10.2. The predicted molar refractivity (Wildman–Crippen MR) is 107 cm³/mol. The normalized spacial score (nSPS) is 15.2. The van der Waals surface area contributed by atoms with Crippen LogP contribution in [0.2, 0.25) is 5.02 Å². The number of hydrogen-bond acceptors (Lipinski definition) is 6. The molecular formula is C19H26ClN5O. The number of rotatable bonds is 5. The van der Waals surface area contributed by atoms with Gasteiger partial charge in [0.25, 0.3) is 0 Å². The molecule has 0 saturated carbocycles. The fraction of sp³-hybridized carbons (Fsp3) is 0.474. The van der Waals surface area contributed by atoms with Crippen molar-refractivity contribution < 1.29 is 4.74 Å². The molecule has 6 nitrogen and oxygen atoms in total. The van der Waals surface area contributed by atoms with Crippen LogP contribution in [0.5, 0.6) is 5.75 Å². The van der Waals surface area contributed by atoms with Crippen LogP contribution in [0.1, 0.15) is 18.3 Å². The maximum atomic E-state index is 6.20. The van der Waals surface area contributed by atoms with E-state index in [0.29, 0.717) is 10.8 Å². The predicted octanol–water partition coefficient (Wildman–Crippen LogP) is 3.64. The average molecular weight is 376 g/mol. The Labute approximate surface area is 160 Å². The van der Waals surface area contributed by atoms with Gasteiger partial charge in [0.05, 0.1) is 12.8 Å². The number of benzene rings is 1. The lowest BCUT2D eigenvalue weighted by molar-refractivity contribution is 0.270. The molecule has 3 rings (SSSR count). The third kappa shape index (κ3) is 4.19. The van der Waals surface area contributed by atoms with Crippen LogP contribution in [-0.2, 0) is 0 Å². The van der Waals surface area contributed by atoms with E-state index in [4.69, 9.17) is 16.3 Å². The molecule has 0 unspecified atom stereocenters. The number of ether oxygens (including phenoxy) is 1. The summed E-state index contributed by atoms with van der Waals surface area (Å²) in [6.45, 7) is 11.3. The smallest absolute Gasteiger partial charge is 0.143 e. The number of anilines is 3. The molecule has 0 atom stereocenters. The minimum Gasteiger partial charge on any atom is -0.495 e. The Morgan fingerprint density at radius 3 is 2.50 bits per heavy atom. The third-order valence-electron chi connectivity index (χ3n) is 4.71. The number of nitrogens with one attached hydrogen (secondary N) is 1. The van der Waals surface area contributed by atoms with Crippen molar-refractivity contribution in [2.75, 3.05) is 50.1 Å². The van der Waals surface area contributed by atoms with E-state index >= 15 is 0 Å². The third-order valence-corrected chi connectivity index (χ3v) is 5.12. The summed E-state index contributed by atoms with van der Waals surface area (Å²) in [6.07, 6.45) is 0. The van der Waals surface area contributed by atoms with Crippen LogP contribution in [0.15, 0.2) is 18.2 Å². The van der Waals surface area contributed by atoms with Crippen LogP contribution in [0.25, 0.3) is 0 Å². The SMILES string of the molecule is CCN1CCN(c2cc(Nc3cc(C)c(Cl)cc3OC)nc(C)n2)CC1. The summed E-state index contributed by atoms with van der Waals surface area (Å²) in [5.74, 6) is 3.15. The summed E-state index contributed by atoms with van der Waals surface area (Å²) in [4.78, 5) is 13.9. The first-order chi connectivity index (χ1) is 12.5. The second-order valence-corrected chi connectivity index (χ2v) is 6.91. The van der Waals surface area contributed by atoms with Gasteiger partial charge in [0.1, 0.15) is 23.2 Å². The van der Waals surface area contributed by atoms with Gasteiger partial charge in [0, 0.05) is 43.3 Å². The minimum atomic E-state index is 0.681. The van der Waals surface area contributed by atoms with Crippen molar-refractivity contribution in [2.45, 2.75) is 20.8 Å². The number of nitrogens with zero attached hydrogens (tertiary/aromatic N) is 4. The maximum Gasteiger partial charge on any atom is 0.143 e.